The molecule has 1 aliphatic rings. The fourth-order valence-corrected chi connectivity index (χ4v) is 2.65. The molecule has 1 amide bonds. The van der Waals surface area contributed by atoms with Gasteiger partial charge in [0.15, 0.2) is 0 Å². The molecule has 1 saturated heterocycles. The van der Waals surface area contributed by atoms with E-state index in [1.54, 1.807) is 12.1 Å². The quantitative estimate of drug-likeness (QED) is 0.873. The van der Waals surface area contributed by atoms with Crippen LogP contribution in [0.3, 0.4) is 0 Å². The van der Waals surface area contributed by atoms with Gasteiger partial charge in [-0.25, -0.2) is 0 Å². The molecule has 1 aliphatic heterocycles. The van der Waals surface area contributed by atoms with E-state index in [4.69, 9.17) is 9.31 Å². The van der Waals surface area contributed by atoms with Crippen molar-refractivity contribution in [2.24, 2.45) is 0 Å². The molecule has 0 radical (unpaired) electrons. The molecule has 4 nitrogen and oxygen atoms in total. The third-order valence-corrected chi connectivity index (χ3v) is 4.99. The molecule has 0 aliphatic carbocycles. The number of carbonyl (C=O) groups is 1. The summed E-state index contributed by atoms with van der Waals surface area (Å²) in [5.74, 6) is -0.0932. The molecule has 3 rings (SSSR count). The van der Waals surface area contributed by atoms with Crippen molar-refractivity contribution < 1.29 is 14.1 Å². The summed E-state index contributed by atoms with van der Waals surface area (Å²) in [7, 11) is -0.411. The van der Waals surface area contributed by atoms with Crippen molar-refractivity contribution in [3.8, 4) is 0 Å². The summed E-state index contributed by atoms with van der Waals surface area (Å²) in [5, 5.41) is 2.93. The highest BCUT2D eigenvalue weighted by Crippen LogP contribution is 2.36. The predicted octanol–water partition coefficient (Wildman–Crippen LogP) is 2.92. The number of amides is 1. The average Bonchev–Trinajstić information content (AvgIpc) is 2.81. The molecule has 5 heteroatoms. The maximum absolute atomic E-state index is 12.3. The second-order valence-corrected chi connectivity index (χ2v) is 7.38. The van der Waals surface area contributed by atoms with E-state index in [0.717, 1.165) is 11.0 Å². The van der Waals surface area contributed by atoms with Crippen LogP contribution in [-0.4, -0.2) is 24.2 Å². The molecule has 0 unspecified atom stereocenters. The van der Waals surface area contributed by atoms with Crippen molar-refractivity contribution in [2.45, 2.75) is 45.4 Å². The largest absolute Gasteiger partial charge is 0.494 e. The predicted molar refractivity (Wildman–Crippen MR) is 99.8 cm³/mol. The van der Waals surface area contributed by atoms with Crippen molar-refractivity contribution in [1.29, 1.82) is 0 Å². The highest BCUT2D eigenvalue weighted by molar-refractivity contribution is 6.62. The van der Waals surface area contributed by atoms with Crippen LogP contribution in [-0.2, 0) is 15.9 Å². The lowest BCUT2D eigenvalue weighted by molar-refractivity contribution is 0.00578. The average molecular weight is 337 g/mol. The van der Waals surface area contributed by atoms with Crippen LogP contribution in [0.2, 0.25) is 0 Å². The zero-order chi connectivity index (χ0) is 18.1. The van der Waals surface area contributed by atoms with Gasteiger partial charge in [-0.05, 0) is 50.9 Å². The molecule has 0 aromatic heterocycles. The van der Waals surface area contributed by atoms with Crippen LogP contribution in [0.1, 0.15) is 43.6 Å². The zero-order valence-electron chi connectivity index (χ0n) is 15.2. The molecule has 1 N–H and O–H groups in total. The maximum Gasteiger partial charge on any atom is 0.494 e. The summed E-state index contributed by atoms with van der Waals surface area (Å²) in [5.41, 5.74) is 1.87. The van der Waals surface area contributed by atoms with E-state index in [1.165, 1.54) is 0 Å². The first-order valence-corrected chi connectivity index (χ1v) is 8.56. The van der Waals surface area contributed by atoms with Gasteiger partial charge in [-0.2, -0.15) is 0 Å². The molecule has 0 bridgehead atoms. The molecule has 0 atom stereocenters. The Morgan fingerprint density at radius 2 is 1.48 bits per heavy atom. The van der Waals surface area contributed by atoms with Gasteiger partial charge in [0.25, 0.3) is 5.91 Å². The van der Waals surface area contributed by atoms with Gasteiger partial charge in [0.2, 0.25) is 0 Å². The molecule has 0 spiro atoms. The minimum absolute atomic E-state index is 0.0932. The monoisotopic (exact) mass is 337 g/mol. The molecular weight excluding hydrogens is 313 g/mol. The summed E-state index contributed by atoms with van der Waals surface area (Å²) >= 11 is 0. The Hall–Kier alpha value is -2.11. The van der Waals surface area contributed by atoms with Crippen LogP contribution >= 0.6 is 0 Å². The lowest BCUT2D eigenvalue weighted by atomic mass is 9.79. The van der Waals surface area contributed by atoms with Crippen LogP contribution in [0.15, 0.2) is 54.6 Å². The first-order chi connectivity index (χ1) is 11.8. The summed E-state index contributed by atoms with van der Waals surface area (Å²) in [6.07, 6.45) is 0. The molecule has 0 saturated carbocycles. The topological polar surface area (TPSA) is 47.6 Å². The zero-order valence-corrected chi connectivity index (χ0v) is 15.2. The van der Waals surface area contributed by atoms with E-state index in [1.807, 2.05) is 70.2 Å². The number of carbonyl (C=O) groups excluding carboxylic acids is 1. The SMILES string of the molecule is CC1(C)OB(c2ccc(C(=O)NCc3ccccc3)cc2)OC1(C)C. The molecule has 1 fully saturated rings. The van der Waals surface area contributed by atoms with E-state index >= 15 is 0 Å². The Balaban J connectivity index is 1.63. The number of benzene rings is 2. The standard InChI is InChI=1S/C20H24BNO3/c1-19(2)20(3,4)25-21(24-19)17-12-10-16(11-13-17)18(23)22-14-15-8-6-5-7-9-15/h5-13H,14H2,1-4H3,(H,22,23). The smallest absolute Gasteiger partial charge is 0.399 e. The van der Waals surface area contributed by atoms with Crippen LogP contribution in [0.5, 0.6) is 0 Å². The minimum Gasteiger partial charge on any atom is -0.399 e. The first-order valence-electron chi connectivity index (χ1n) is 8.56. The van der Waals surface area contributed by atoms with Crippen LogP contribution < -0.4 is 10.8 Å². The maximum atomic E-state index is 12.3. The summed E-state index contributed by atoms with van der Waals surface area (Å²) < 4.78 is 12.1. The Morgan fingerprint density at radius 1 is 0.920 bits per heavy atom. The van der Waals surface area contributed by atoms with E-state index in [9.17, 15) is 4.79 Å². The van der Waals surface area contributed by atoms with Crippen molar-refractivity contribution in [3.05, 3.63) is 65.7 Å². The van der Waals surface area contributed by atoms with E-state index in [0.29, 0.717) is 12.1 Å². The Labute approximate surface area is 149 Å². The van der Waals surface area contributed by atoms with Crippen LogP contribution in [0, 0.1) is 0 Å². The van der Waals surface area contributed by atoms with E-state index < -0.39 is 7.12 Å². The van der Waals surface area contributed by atoms with Gasteiger partial charge in [-0.15, -0.1) is 0 Å². The van der Waals surface area contributed by atoms with Crippen molar-refractivity contribution in [1.82, 2.24) is 5.32 Å². The summed E-state index contributed by atoms with van der Waals surface area (Å²) in [6, 6.07) is 17.2. The lowest BCUT2D eigenvalue weighted by Gasteiger charge is -2.32. The van der Waals surface area contributed by atoms with E-state index in [2.05, 4.69) is 5.32 Å². The van der Waals surface area contributed by atoms with Crippen molar-refractivity contribution in [3.63, 3.8) is 0 Å². The van der Waals surface area contributed by atoms with Crippen LogP contribution in [0.25, 0.3) is 0 Å². The van der Waals surface area contributed by atoms with Crippen LogP contribution in [0.4, 0.5) is 0 Å². The molecular formula is C20H24BNO3. The van der Waals surface area contributed by atoms with Gasteiger partial charge >= 0.3 is 7.12 Å². The Morgan fingerprint density at radius 3 is 2.04 bits per heavy atom. The van der Waals surface area contributed by atoms with Gasteiger partial charge in [0, 0.05) is 12.1 Å². The fourth-order valence-electron chi connectivity index (χ4n) is 2.65. The normalized spacial score (nSPS) is 18.2. The molecule has 2 aromatic carbocycles. The molecule has 130 valence electrons. The first kappa shape index (κ1) is 17.7. The number of nitrogens with one attached hydrogen (secondary N) is 1. The van der Waals surface area contributed by atoms with Gasteiger partial charge in [-0.1, -0.05) is 42.5 Å². The highest BCUT2D eigenvalue weighted by atomic mass is 16.7. The summed E-state index contributed by atoms with van der Waals surface area (Å²) in [6.45, 7) is 8.62. The molecule has 25 heavy (non-hydrogen) atoms. The van der Waals surface area contributed by atoms with Crippen molar-refractivity contribution in [2.75, 3.05) is 0 Å². The number of hydrogen-bond acceptors (Lipinski definition) is 3. The number of hydrogen-bond donors (Lipinski definition) is 1. The second kappa shape index (κ2) is 6.66. The third kappa shape index (κ3) is 3.78. The van der Waals surface area contributed by atoms with Gasteiger partial charge in [-0.3, -0.25) is 4.79 Å². The third-order valence-electron chi connectivity index (χ3n) is 4.99. The van der Waals surface area contributed by atoms with Gasteiger partial charge < -0.3 is 14.6 Å². The minimum atomic E-state index is -0.411. The number of rotatable bonds is 4. The Kier molecular flexibility index (Phi) is 4.72. The highest BCUT2D eigenvalue weighted by Gasteiger charge is 2.51. The molecule has 2 aromatic rings. The second-order valence-electron chi connectivity index (χ2n) is 7.38. The lowest BCUT2D eigenvalue weighted by Crippen LogP contribution is -2.41. The summed E-state index contributed by atoms with van der Waals surface area (Å²) in [4.78, 5) is 12.3. The molecule has 1 heterocycles. The fraction of sp³-hybridized carbons (Fsp3) is 0.350. The van der Waals surface area contributed by atoms with Gasteiger partial charge in [0.1, 0.15) is 0 Å². The Bertz CT molecular complexity index is 725. The van der Waals surface area contributed by atoms with Crippen molar-refractivity contribution >= 4 is 18.5 Å². The van der Waals surface area contributed by atoms with Gasteiger partial charge in [0.05, 0.1) is 11.2 Å². The van der Waals surface area contributed by atoms with E-state index in [-0.39, 0.29) is 17.1 Å².